The summed E-state index contributed by atoms with van der Waals surface area (Å²) in [5.41, 5.74) is 0. The summed E-state index contributed by atoms with van der Waals surface area (Å²) in [6.07, 6.45) is 10.6. The maximum absolute atomic E-state index is 10.3. The van der Waals surface area contributed by atoms with Gasteiger partial charge in [0.15, 0.2) is 0 Å². The zero-order chi connectivity index (χ0) is 9.23. The molecule has 0 atom stereocenters. The largest absolute Gasteiger partial charge is 0.435 e. The monoisotopic (exact) mass is 168 g/mol. The number of carbonyl (C=O) groups is 1. The van der Waals surface area contributed by atoms with Crippen LogP contribution in [0.25, 0.3) is 0 Å². The third kappa shape index (κ3) is 8.95. The van der Waals surface area contributed by atoms with E-state index in [4.69, 9.17) is 0 Å². The van der Waals surface area contributed by atoms with Gasteiger partial charge in [0.05, 0.1) is 6.26 Å². The molecule has 0 aliphatic heterocycles. The van der Waals surface area contributed by atoms with Crippen molar-refractivity contribution in [2.24, 2.45) is 0 Å². The van der Waals surface area contributed by atoms with Gasteiger partial charge in [-0.05, 0) is 32.3 Å². The van der Waals surface area contributed by atoms with Gasteiger partial charge < -0.3 is 4.74 Å². The Morgan fingerprint density at radius 1 is 1.33 bits per heavy atom. The van der Waals surface area contributed by atoms with Gasteiger partial charge in [0.25, 0.3) is 0 Å². The van der Waals surface area contributed by atoms with Crippen LogP contribution in [0.4, 0.5) is 0 Å². The number of unbranched alkanes of at least 4 members (excludes halogenated alkanes) is 2. The molecule has 2 nitrogen and oxygen atoms in total. The minimum absolute atomic E-state index is 0.264. The van der Waals surface area contributed by atoms with Crippen molar-refractivity contribution in [3.63, 3.8) is 0 Å². The number of ether oxygens (including phenoxy) is 1. The van der Waals surface area contributed by atoms with E-state index >= 15 is 0 Å². The molecule has 0 spiro atoms. The van der Waals surface area contributed by atoms with Crippen molar-refractivity contribution in [2.45, 2.75) is 33.1 Å². The fourth-order valence-corrected chi connectivity index (χ4v) is 0.732. The molecule has 0 N–H and O–H groups in total. The SMILES string of the molecule is CC=CCCCC=COC(C)=O. The first-order chi connectivity index (χ1) is 5.77. The second kappa shape index (κ2) is 8.05. The Bertz CT molecular complexity index is 169. The molecule has 0 saturated carbocycles. The van der Waals surface area contributed by atoms with E-state index in [1.807, 2.05) is 19.1 Å². The van der Waals surface area contributed by atoms with Crippen molar-refractivity contribution in [2.75, 3.05) is 0 Å². The van der Waals surface area contributed by atoms with Gasteiger partial charge in [0.1, 0.15) is 0 Å². The number of hydrogen-bond donors (Lipinski definition) is 0. The van der Waals surface area contributed by atoms with Crippen LogP contribution < -0.4 is 0 Å². The normalized spacial score (nSPS) is 11.2. The lowest BCUT2D eigenvalue weighted by molar-refractivity contribution is -0.135. The fraction of sp³-hybridized carbons (Fsp3) is 0.500. The summed E-state index contributed by atoms with van der Waals surface area (Å²) in [5.74, 6) is -0.264. The van der Waals surface area contributed by atoms with Gasteiger partial charge in [0.2, 0.25) is 0 Å². The van der Waals surface area contributed by atoms with E-state index in [0.717, 1.165) is 19.3 Å². The molecule has 0 aromatic heterocycles. The molecule has 0 aliphatic rings. The van der Waals surface area contributed by atoms with Crippen molar-refractivity contribution < 1.29 is 9.53 Å². The van der Waals surface area contributed by atoms with Crippen LogP contribution in [-0.4, -0.2) is 5.97 Å². The first-order valence-electron chi connectivity index (χ1n) is 4.20. The average Bonchev–Trinajstić information content (AvgIpc) is 2.02. The topological polar surface area (TPSA) is 26.3 Å². The highest BCUT2D eigenvalue weighted by Crippen LogP contribution is 1.97. The maximum atomic E-state index is 10.3. The smallest absolute Gasteiger partial charge is 0.307 e. The highest BCUT2D eigenvalue weighted by atomic mass is 16.5. The highest BCUT2D eigenvalue weighted by molar-refractivity contribution is 5.66. The highest BCUT2D eigenvalue weighted by Gasteiger charge is 1.84. The number of allylic oxidation sites excluding steroid dienone is 3. The lowest BCUT2D eigenvalue weighted by Gasteiger charge is -1.91. The molecule has 0 radical (unpaired) electrons. The van der Waals surface area contributed by atoms with Crippen LogP contribution >= 0.6 is 0 Å². The molecule has 68 valence electrons. The summed E-state index contributed by atoms with van der Waals surface area (Å²) >= 11 is 0. The minimum Gasteiger partial charge on any atom is -0.435 e. The molecule has 0 saturated heterocycles. The van der Waals surface area contributed by atoms with E-state index in [1.54, 1.807) is 0 Å². The third-order valence-electron chi connectivity index (χ3n) is 1.31. The summed E-state index contributed by atoms with van der Waals surface area (Å²) in [5, 5.41) is 0. The zero-order valence-electron chi connectivity index (χ0n) is 7.75. The van der Waals surface area contributed by atoms with Crippen molar-refractivity contribution >= 4 is 5.97 Å². The van der Waals surface area contributed by atoms with E-state index in [0.29, 0.717) is 0 Å². The van der Waals surface area contributed by atoms with Gasteiger partial charge in [0, 0.05) is 6.92 Å². The Labute approximate surface area is 73.9 Å². The molecule has 0 fully saturated rings. The van der Waals surface area contributed by atoms with E-state index in [9.17, 15) is 4.79 Å². The predicted octanol–water partition coefficient (Wildman–Crippen LogP) is 2.81. The van der Waals surface area contributed by atoms with Crippen LogP contribution in [0.15, 0.2) is 24.5 Å². The van der Waals surface area contributed by atoms with E-state index < -0.39 is 0 Å². The average molecular weight is 168 g/mol. The molecule has 0 amide bonds. The summed E-state index contributed by atoms with van der Waals surface area (Å²) in [7, 11) is 0. The van der Waals surface area contributed by atoms with E-state index in [1.165, 1.54) is 13.2 Å². The zero-order valence-corrected chi connectivity index (χ0v) is 7.75. The molecule has 12 heavy (non-hydrogen) atoms. The maximum Gasteiger partial charge on any atom is 0.307 e. The van der Waals surface area contributed by atoms with Crippen LogP contribution in [0.5, 0.6) is 0 Å². The van der Waals surface area contributed by atoms with Crippen molar-refractivity contribution in [3.8, 4) is 0 Å². The molecule has 0 unspecified atom stereocenters. The fourth-order valence-electron chi connectivity index (χ4n) is 0.732. The van der Waals surface area contributed by atoms with E-state index in [2.05, 4.69) is 10.8 Å². The second-order valence-corrected chi connectivity index (χ2v) is 2.48. The number of carbonyl (C=O) groups excluding carboxylic acids is 1. The Hall–Kier alpha value is -1.05. The van der Waals surface area contributed by atoms with Gasteiger partial charge in [-0.25, -0.2) is 0 Å². The summed E-state index contributed by atoms with van der Waals surface area (Å²) in [6, 6.07) is 0. The predicted molar refractivity (Wildman–Crippen MR) is 49.6 cm³/mol. The Balaban J connectivity index is 3.19. The van der Waals surface area contributed by atoms with Crippen molar-refractivity contribution in [1.29, 1.82) is 0 Å². The van der Waals surface area contributed by atoms with E-state index in [-0.39, 0.29) is 5.97 Å². The first kappa shape index (κ1) is 11.0. The number of esters is 1. The Morgan fingerprint density at radius 2 is 2.00 bits per heavy atom. The van der Waals surface area contributed by atoms with Gasteiger partial charge in [-0.3, -0.25) is 4.79 Å². The second-order valence-electron chi connectivity index (χ2n) is 2.48. The molecule has 0 heterocycles. The molecular weight excluding hydrogens is 152 g/mol. The summed E-state index contributed by atoms with van der Waals surface area (Å²) in [6.45, 7) is 3.40. The van der Waals surface area contributed by atoms with Gasteiger partial charge in [-0.2, -0.15) is 0 Å². The third-order valence-corrected chi connectivity index (χ3v) is 1.31. The standard InChI is InChI=1S/C10H16O2/c1-3-4-5-6-7-8-9-12-10(2)11/h3-4,8-9H,5-7H2,1-2H3. The quantitative estimate of drug-likeness (QED) is 0.273. The van der Waals surface area contributed by atoms with Crippen LogP contribution in [0.2, 0.25) is 0 Å². The molecule has 0 aliphatic carbocycles. The summed E-state index contributed by atoms with van der Waals surface area (Å²) in [4.78, 5) is 10.3. The van der Waals surface area contributed by atoms with Crippen LogP contribution in [0.3, 0.4) is 0 Å². The molecule has 0 rings (SSSR count). The molecule has 0 aromatic carbocycles. The van der Waals surface area contributed by atoms with Crippen molar-refractivity contribution in [1.82, 2.24) is 0 Å². The first-order valence-corrected chi connectivity index (χ1v) is 4.20. The lowest BCUT2D eigenvalue weighted by atomic mass is 10.2. The van der Waals surface area contributed by atoms with Gasteiger partial charge in [-0.15, -0.1) is 0 Å². The van der Waals surface area contributed by atoms with Crippen LogP contribution in [0.1, 0.15) is 33.1 Å². The van der Waals surface area contributed by atoms with Gasteiger partial charge >= 0.3 is 5.97 Å². The molecular formula is C10H16O2. The summed E-state index contributed by atoms with van der Waals surface area (Å²) < 4.78 is 4.61. The molecule has 0 bridgehead atoms. The van der Waals surface area contributed by atoms with Crippen LogP contribution in [-0.2, 0) is 9.53 Å². The van der Waals surface area contributed by atoms with Gasteiger partial charge in [-0.1, -0.05) is 12.2 Å². The number of rotatable bonds is 5. The van der Waals surface area contributed by atoms with Crippen LogP contribution in [0, 0.1) is 0 Å². The Morgan fingerprint density at radius 3 is 2.58 bits per heavy atom. The number of hydrogen-bond acceptors (Lipinski definition) is 2. The minimum atomic E-state index is -0.264. The molecule has 0 aromatic rings. The lowest BCUT2D eigenvalue weighted by Crippen LogP contribution is -1.89. The molecule has 2 heteroatoms. The van der Waals surface area contributed by atoms with Crippen molar-refractivity contribution in [3.05, 3.63) is 24.5 Å². The Kier molecular flexibility index (Phi) is 7.35.